The molecule has 0 saturated heterocycles. The lowest BCUT2D eigenvalue weighted by atomic mass is 10.1. The van der Waals surface area contributed by atoms with Crippen LogP contribution >= 0.6 is 0 Å². The summed E-state index contributed by atoms with van der Waals surface area (Å²) >= 11 is 0. The van der Waals surface area contributed by atoms with Crippen molar-refractivity contribution in [3.8, 4) is 0 Å². The summed E-state index contributed by atoms with van der Waals surface area (Å²) in [6.45, 7) is 8.32. The molecule has 0 aliphatic carbocycles. The number of hydrogen-bond donors (Lipinski definition) is 0. The van der Waals surface area contributed by atoms with Crippen LogP contribution in [0.5, 0.6) is 0 Å². The van der Waals surface area contributed by atoms with Gasteiger partial charge in [0.1, 0.15) is 0 Å². The quantitative estimate of drug-likeness (QED) is 0.254. The average molecular weight is 379 g/mol. The number of rotatable bonds is 18. The van der Waals surface area contributed by atoms with Gasteiger partial charge in [-0.3, -0.25) is 0 Å². The van der Waals surface area contributed by atoms with Gasteiger partial charge in [-0.2, -0.15) is 8.42 Å². The van der Waals surface area contributed by atoms with Crippen LogP contribution in [0.1, 0.15) is 118 Å². The van der Waals surface area contributed by atoms with Crippen LogP contribution in [0.15, 0.2) is 0 Å². The van der Waals surface area contributed by atoms with Crippen molar-refractivity contribution in [3.63, 3.8) is 0 Å². The van der Waals surface area contributed by atoms with E-state index in [-0.39, 0.29) is 12.2 Å². The summed E-state index contributed by atoms with van der Waals surface area (Å²) < 4.78 is 35.0. The SMILES string of the molecule is CCCCCCCC(CC)OS(=O)(=O)OC(CC)CCCCCCC. The molecule has 2 atom stereocenters. The molecule has 0 bridgehead atoms. The predicted octanol–water partition coefficient (Wildman–Crippen LogP) is 6.54. The second-order valence-corrected chi connectivity index (χ2v) is 8.27. The molecule has 0 aromatic rings. The minimum Gasteiger partial charge on any atom is -0.245 e. The molecule has 25 heavy (non-hydrogen) atoms. The summed E-state index contributed by atoms with van der Waals surface area (Å²) in [5.41, 5.74) is 0. The van der Waals surface area contributed by atoms with Gasteiger partial charge in [0, 0.05) is 0 Å². The van der Waals surface area contributed by atoms with Gasteiger partial charge in [0.15, 0.2) is 0 Å². The molecule has 0 fully saturated rings. The molecule has 4 nitrogen and oxygen atoms in total. The van der Waals surface area contributed by atoms with E-state index >= 15 is 0 Å². The second kappa shape index (κ2) is 16.1. The zero-order valence-electron chi connectivity index (χ0n) is 17.1. The Balaban J connectivity index is 4.18. The Kier molecular flexibility index (Phi) is 16.0. The Bertz CT molecular complexity index is 351. The lowest BCUT2D eigenvalue weighted by Crippen LogP contribution is -2.24. The van der Waals surface area contributed by atoms with Crippen molar-refractivity contribution >= 4 is 10.4 Å². The second-order valence-electron chi connectivity index (χ2n) is 7.07. The number of unbranched alkanes of at least 4 members (excludes halogenated alkanes) is 8. The summed E-state index contributed by atoms with van der Waals surface area (Å²) in [6, 6.07) is 0. The van der Waals surface area contributed by atoms with E-state index in [9.17, 15) is 8.42 Å². The van der Waals surface area contributed by atoms with Crippen molar-refractivity contribution in [2.75, 3.05) is 0 Å². The van der Waals surface area contributed by atoms with E-state index in [0.29, 0.717) is 12.8 Å². The van der Waals surface area contributed by atoms with Gasteiger partial charge in [-0.15, -0.1) is 0 Å². The summed E-state index contributed by atoms with van der Waals surface area (Å²) in [7, 11) is -3.90. The van der Waals surface area contributed by atoms with Gasteiger partial charge in [0.2, 0.25) is 0 Å². The lowest BCUT2D eigenvalue weighted by molar-refractivity contribution is 0.108. The highest BCUT2D eigenvalue weighted by Crippen LogP contribution is 2.19. The maximum absolute atomic E-state index is 12.2. The third kappa shape index (κ3) is 14.7. The van der Waals surface area contributed by atoms with Gasteiger partial charge in [0.25, 0.3) is 0 Å². The minimum absolute atomic E-state index is 0.256. The third-order valence-electron chi connectivity index (χ3n) is 4.68. The molecular weight excluding hydrogens is 336 g/mol. The zero-order valence-corrected chi connectivity index (χ0v) is 17.9. The molecule has 0 spiro atoms. The van der Waals surface area contributed by atoms with Gasteiger partial charge in [-0.05, 0) is 25.7 Å². The van der Waals surface area contributed by atoms with Crippen LogP contribution in [-0.2, 0) is 18.8 Å². The van der Waals surface area contributed by atoms with E-state index in [1.807, 2.05) is 13.8 Å². The zero-order chi connectivity index (χ0) is 19.0. The molecule has 0 aliphatic heterocycles. The van der Waals surface area contributed by atoms with Gasteiger partial charge >= 0.3 is 10.4 Å². The smallest absolute Gasteiger partial charge is 0.245 e. The summed E-state index contributed by atoms with van der Waals surface area (Å²) in [4.78, 5) is 0. The van der Waals surface area contributed by atoms with E-state index in [1.54, 1.807) is 0 Å². The first-order valence-electron chi connectivity index (χ1n) is 10.6. The summed E-state index contributed by atoms with van der Waals surface area (Å²) in [6.07, 6.45) is 14.1. The Labute approximate surface area is 157 Å². The molecule has 0 saturated carbocycles. The maximum Gasteiger partial charge on any atom is 0.400 e. The van der Waals surface area contributed by atoms with Crippen LogP contribution in [0.2, 0.25) is 0 Å². The van der Waals surface area contributed by atoms with Gasteiger partial charge in [-0.1, -0.05) is 91.9 Å². The topological polar surface area (TPSA) is 52.6 Å². The van der Waals surface area contributed by atoms with E-state index in [1.165, 1.54) is 38.5 Å². The average Bonchev–Trinajstić information content (AvgIpc) is 2.59. The van der Waals surface area contributed by atoms with Crippen LogP contribution in [0.4, 0.5) is 0 Å². The van der Waals surface area contributed by atoms with E-state index < -0.39 is 10.4 Å². The van der Waals surface area contributed by atoms with Crippen molar-refractivity contribution < 1.29 is 16.8 Å². The first-order chi connectivity index (χ1) is 12.0. The molecule has 0 aromatic carbocycles. The fourth-order valence-electron chi connectivity index (χ4n) is 2.95. The van der Waals surface area contributed by atoms with Crippen LogP contribution in [0, 0.1) is 0 Å². The van der Waals surface area contributed by atoms with Gasteiger partial charge < -0.3 is 0 Å². The van der Waals surface area contributed by atoms with Crippen molar-refractivity contribution in [2.24, 2.45) is 0 Å². The maximum atomic E-state index is 12.2. The van der Waals surface area contributed by atoms with Crippen LogP contribution in [0.3, 0.4) is 0 Å². The molecule has 152 valence electrons. The normalized spacial score (nSPS) is 14.6. The molecule has 0 aliphatic rings. The molecule has 0 amide bonds. The molecular formula is C20H42O4S. The first-order valence-corrected chi connectivity index (χ1v) is 11.9. The summed E-state index contributed by atoms with van der Waals surface area (Å²) in [5.74, 6) is 0. The standard InChI is InChI=1S/C20H42O4S/c1-5-9-11-13-15-17-19(7-3)23-25(21,22)24-20(8-4)18-16-14-12-10-6-2/h19-20H,5-18H2,1-4H3. The molecule has 0 N–H and O–H groups in total. The molecule has 5 heteroatoms. The third-order valence-corrected chi connectivity index (χ3v) is 5.69. The minimum atomic E-state index is -3.90. The fourth-order valence-corrected chi connectivity index (χ4v) is 4.12. The Hall–Kier alpha value is -0.130. The highest BCUT2D eigenvalue weighted by atomic mass is 32.3. The Morgan fingerprint density at radius 1 is 0.600 bits per heavy atom. The van der Waals surface area contributed by atoms with Crippen molar-refractivity contribution in [1.29, 1.82) is 0 Å². The van der Waals surface area contributed by atoms with Crippen molar-refractivity contribution in [1.82, 2.24) is 0 Å². The van der Waals surface area contributed by atoms with Gasteiger partial charge in [-0.25, -0.2) is 8.37 Å². The Morgan fingerprint density at radius 2 is 0.960 bits per heavy atom. The van der Waals surface area contributed by atoms with Crippen LogP contribution in [0.25, 0.3) is 0 Å². The molecule has 0 rings (SSSR count). The van der Waals surface area contributed by atoms with Crippen LogP contribution in [-0.4, -0.2) is 20.6 Å². The lowest BCUT2D eigenvalue weighted by Gasteiger charge is -2.19. The molecule has 0 radical (unpaired) electrons. The highest BCUT2D eigenvalue weighted by Gasteiger charge is 2.23. The van der Waals surface area contributed by atoms with Gasteiger partial charge in [0.05, 0.1) is 12.2 Å². The van der Waals surface area contributed by atoms with Crippen molar-refractivity contribution in [3.05, 3.63) is 0 Å². The van der Waals surface area contributed by atoms with Crippen LogP contribution < -0.4 is 0 Å². The van der Waals surface area contributed by atoms with E-state index in [2.05, 4.69) is 13.8 Å². The fraction of sp³-hybridized carbons (Fsp3) is 1.00. The molecule has 2 unspecified atom stereocenters. The van der Waals surface area contributed by atoms with Crippen molar-refractivity contribution in [2.45, 2.75) is 130 Å². The monoisotopic (exact) mass is 378 g/mol. The Morgan fingerprint density at radius 3 is 1.28 bits per heavy atom. The molecule has 0 aromatic heterocycles. The van der Waals surface area contributed by atoms with E-state index in [4.69, 9.17) is 8.37 Å². The first kappa shape index (κ1) is 24.9. The molecule has 0 heterocycles. The predicted molar refractivity (Wildman–Crippen MR) is 106 cm³/mol. The summed E-state index contributed by atoms with van der Waals surface area (Å²) in [5, 5.41) is 0. The van der Waals surface area contributed by atoms with E-state index in [0.717, 1.165) is 38.5 Å². The largest absolute Gasteiger partial charge is 0.400 e. The number of hydrogen-bond acceptors (Lipinski definition) is 4. The highest BCUT2D eigenvalue weighted by molar-refractivity contribution is 7.81.